The van der Waals surface area contributed by atoms with Crippen molar-refractivity contribution >= 4 is 6.09 Å². The molecule has 2 aromatic rings. The zero-order valence-corrected chi connectivity index (χ0v) is 11.8. The molecule has 0 aliphatic heterocycles. The predicted octanol–water partition coefficient (Wildman–Crippen LogP) is 2.50. The molecule has 0 aliphatic carbocycles. The maximum atomic E-state index is 11.6. The van der Waals surface area contributed by atoms with Crippen molar-refractivity contribution in [1.29, 1.82) is 0 Å². The molecule has 0 bridgehead atoms. The molecule has 106 valence electrons. The lowest BCUT2D eigenvalue weighted by Gasteiger charge is -2.19. The summed E-state index contributed by atoms with van der Waals surface area (Å²) < 4.78 is 5.19. The standard InChI is InChI=1S/C14H18N4O2/c1-14(2,3)20-13(19)15-8-10-5-4-6-11(7-10)12-9-16-18-17-12/h4-7,9H,8H2,1-3H3,(H,15,19)(H,16,17,18). The minimum atomic E-state index is -0.493. The third-order valence-electron chi connectivity index (χ3n) is 2.49. The summed E-state index contributed by atoms with van der Waals surface area (Å²) in [5.41, 5.74) is 2.29. The van der Waals surface area contributed by atoms with Crippen LogP contribution >= 0.6 is 0 Å². The summed E-state index contributed by atoms with van der Waals surface area (Å²) in [5, 5.41) is 13.0. The first kappa shape index (κ1) is 14.0. The Morgan fingerprint density at radius 1 is 1.40 bits per heavy atom. The summed E-state index contributed by atoms with van der Waals surface area (Å²) >= 11 is 0. The van der Waals surface area contributed by atoms with Gasteiger partial charge in [-0.2, -0.15) is 0 Å². The fraction of sp³-hybridized carbons (Fsp3) is 0.357. The van der Waals surface area contributed by atoms with Gasteiger partial charge < -0.3 is 10.1 Å². The van der Waals surface area contributed by atoms with E-state index < -0.39 is 11.7 Å². The van der Waals surface area contributed by atoms with Crippen molar-refractivity contribution in [2.45, 2.75) is 32.9 Å². The highest BCUT2D eigenvalue weighted by atomic mass is 16.6. The first-order valence-corrected chi connectivity index (χ1v) is 6.36. The Hall–Kier alpha value is -2.37. The number of H-pyrrole nitrogens is 1. The van der Waals surface area contributed by atoms with E-state index >= 15 is 0 Å². The smallest absolute Gasteiger partial charge is 0.407 e. The molecule has 2 rings (SSSR count). The second-order valence-electron chi connectivity index (χ2n) is 5.43. The molecule has 2 N–H and O–H groups in total. The average Bonchev–Trinajstić information content (AvgIpc) is 2.88. The molecule has 0 saturated heterocycles. The molecule has 0 aliphatic rings. The van der Waals surface area contributed by atoms with E-state index in [0.717, 1.165) is 16.8 Å². The van der Waals surface area contributed by atoms with Gasteiger partial charge in [-0.25, -0.2) is 4.79 Å². The number of nitrogens with zero attached hydrogens (tertiary/aromatic N) is 2. The van der Waals surface area contributed by atoms with Crippen molar-refractivity contribution in [3.05, 3.63) is 36.0 Å². The summed E-state index contributed by atoms with van der Waals surface area (Å²) in [5.74, 6) is 0. The van der Waals surface area contributed by atoms with Gasteiger partial charge in [-0.1, -0.05) is 23.4 Å². The lowest BCUT2D eigenvalue weighted by atomic mass is 10.1. The first-order valence-electron chi connectivity index (χ1n) is 6.36. The van der Waals surface area contributed by atoms with Crippen LogP contribution in [0.1, 0.15) is 26.3 Å². The van der Waals surface area contributed by atoms with E-state index in [1.807, 2.05) is 45.0 Å². The van der Waals surface area contributed by atoms with E-state index in [2.05, 4.69) is 20.7 Å². The number of nitrogens with one attached hydrogen (secondary N) is 2. The maximum Gasteiger partial charge on any atom is 0.407 e. The maximum absolute atomic E-state index is 11.6. The Morgan fingerprint density at radius 3 is 2.85 bits per heavy atom. The summed E-state index contributed by atoms with van der Waals surface area (Å²) in [4.78, 5) is 11.6. The lowest BCUT2D eigenvalue weighted by molar-refractivity contribution is 0.0523. The summed E-state index contributed by atoms with van der Waals surface area (Å²) in [6, 6.07) is 7.77. The quantitative estimate of drug-likeness (QED) is 0.901. The van der Waals surface area contributed by atoms with Crippen LogP contribution in [0.5, 0.6) is 0 Å². The average molecular weight is 274 g/mol. The van der Waals surface area contributed by atoms with Gasteiger partial charge in [-0.05, 0) is 32.4 Å². The number of carbonyl (C=O) groups is 1. The summed E-state index contributed by atoms with van der Waals surface area (Å²) in [6.07, 6.45) is 1.23. The number of ether oxygens (including phenoxy) is 1. The van der Waals surface area contributed by atoms with E-state index in [1.165, 1.54) is 0 Å². The van der Waals surface area contributed by atoms with Crippen LogP contribution in [0.15, 0.2) is 30.5 Å². The van der Waals surface area contributed by atoms with Gasteiger partial charge in [0.15, 0.2) is 0 Å². The number of amides is 1. The van der Waals surface area contributed by atoms with Crippen LogP contribution in [-0.2, 0) is 11.3 Å². The number of carbonyl (C=O) groups excluding carboxylic acids is 1. The number of alkyl carbamates (subject to hydrolysis) is 1. The monoisotopic (exact) mass is 274 g/mol. The fourth-order valence-corrected chi connectivity index (χ4v) is 1.67. The van der Waals surface area contributed by atoms with Gasteiger partial charge in [0.1, 0.15) is 5.60 Å². The second kappa shape index (κ2) is 5.73. The number of aromatic amines is 1. The van der Waals surface area contributed by atoms with Crippen molar-refractivity contribution < 1.29 is 9.53 Å². The molecule has 20 heavy (non-hydrogen) atoms. The molecule has 1 aromatic carbocycles. The highest BCUT2D eigenvalue weighted by molar-refractivity contribution is 5.68. The lowest BCUT2D eigenvalue weighted by Crippen LogP contribution is -2.32. The highest BCUT2D eigenvalue weighted by Gasteiger charge is 2.15. The summed E-state index contributed by atoms with van der Waals surface area (Å²) in [7, 11) is 0. The number of benzene rings is 1. The SMILES string of the molecule is CC(C)(C)OC(=O)NCc1cccc(-c2cnn[nH]2)c1. The van der Waals surface area contributed by atoms with Crippen molar-refractivity contribution in [2.24, 2.45) is 0 Å². The molecule has 6 heteroatoms. The molecule has 0 unspecified atom stereocenters. The van der Waals surface area contributed by atoms with E-state index in [9.17, 15) is 4.79 Å². The van der Waals surface area contributed by atoms with E-state index in [-0.39, 0.29) is 0 Å². The van der Waals surface area contributed by atoms with Crippen LogP contribution < -0.4 is 5.32 Å². The normalized spacial score (nSPS) is 11.2. The van der Waals surface area contributed by atoms with Crippen molar-refractivity contribution in [1.82, 2.24) is 20.7 Å². The molecular weight excluding hydrogens is 256 g/mol. The Morgan fingerprint density at radius 2 is 2.20 bits per heavy atom. The molecule has 0 atom stereocenters. The van der Waals surface area contributed by atoms with Crippen molar-refractivity contribution in [3.8, 4) is 11.3 Å². The fourth-order valence-electron chi connectivity index (χ4n) is 1.67. The third kappa shape index (κ3) is 4.08. The highest BCUT2D eigenvalue weighted by Crippen LogP contribution is 2.16. The number of rotatable bonds is 3. The number of aromatic nitrogens is 3. The number of hydrogen-bond acceptors (Lipinski definition) is 4. The minimum absolute atomic E-state index is 0.407. The van der Waals surface area contributed by atoms with Gasteiger partial charge in [-0.15, -0.1) is 5.10 Å². The molecule has 6 nitrogen and oxygen atoms in total. The van der Waals surface area contributed by atoms with Gasteiger partial charge in [-0.3, -0.25) is 5.10 Å². The van der Waals surface area contributed by atoms with E-state index in [1.54, 1.807) is 6.20 Å². The Balaban J connectivity index is 1.97. The van der Waals surface area contributed by atoms with Gasteiger partial charge >= 0.3 is 6.09 Å². The molecule has 0 radical (unpaired) electrons. The Kier molecular flexibility index (Phi) is 4.02. The third-order valence-corrected chi connectivity index (χ3v) is 2.49. The predicted molar refractivity (Wildman–Crippen MR) is 74.9 cm³/mol. The molecule has 0 spiro atoms. The van der Waals surface area contributed by atoms with Gasteiger partial charge in [0.2, 0.25) is 0 Å². The van der Waals surface area contributed by atoms with Crippen molar-refractivity contribution in [2.75, 3.05) is 0 Å². The molecule has 1 heterocycles. The van der Waals surface area contributed by atoms with Crippen LogP contribution in [0.25, 0.3) is 11.3 Å². The van der Waals surface area contributed by atoms with Crippen LogP contribution in [-0.4, -0.2) is 27.1 Å². The zero-order valence-electron chi connectivity index (χ0n) is 11.8. The van der Waals surface area contributed by atoms with Crippen LogP contribution in [0.2, 0.25) is 0 Å². The van der Waals surface area contributed by atoms with Crippen LogP contribution in [0.3, 0.4) is 0 Å². The topological polar surface area (TPSA) is 79.9 Å². The first-order chi connectivity index (χ1) is 9.44. The Bertz CT molecular complexity index is 573. The van der Waals surface area contributed by atoms with Crippen molar-refractivity contribution in [3.63, 3.8) is 0 Å². The van der Waals surface area contributed by atoms with Gasteiger partial charge in [0, 0.05) is 12.1 Å². The van der Waals surface area contributed by atoms with Crippen LogP contribution in [0, 0.1) is 0 Å². The van der Waals surface area contributed by atoms with Gasteiger partial charge in [0.05, 0.1) is 11.9 Å². The zero-order chi connectivity index (χ0) is 14.6. The molecule has 0 saturated carbocycles. The largest absolute Gasteiger partial charge is 0.444 e. The molecular formula is C14H18N4O2. The molecule has 0 fully saturated rings. The summed E-state index contributed by atoms with van der Waals surface area (Å²) in [6.45, 7) is 5.90. The van der Waals surface area contributed by atoms with Gasteiger partial charge in [0.25, 0.3) is 0 Å². The van der Waals surface area contributed by atoms with E-state index in [4.69, 9.17) is 4.74 Å². The number of hydrogen-bond donors (Lipinski definition) is 2. The van der Waals surface area contributed by atoms with Crippen LogP contribution in [0.4, 0.5) is 4.79 Å². The van der Waals surface area contributed by atoms with E-state index in [0.29, 0.717) is 6.54 Å². The molecule has 1 aromatic heterocycles. The minimum Gasteiger partial charge on any atom is -0.444 e. The molecule has 1 amide bonds. The second-order valence-corrected chi connectivity index (χ2v) is 5.43. The Labute approximate surface area is 117 Å².